The predicted octanol–water partition coefficient (Wildman–Crippen LogP) is 3.18. The Morgan fingerprint density at radius 1 is 1.15 bits per heavy atom. The SMILES string of the molecule is CC(=O)O.CC(=O)O.O=S([O-])C(F)(F)F.[CH2-]C1CC(C)(C)CN1S(=O)(=O)c1ccc(C)cc1.[Pd+2]. The monoisotopic (exact) mass is 625 g/mol. The Bertz CT molecular complexity index is 887. The maximum atomic E-state index is 12.5. The number of halogens is 3. The summed E-state index contributed by atoms with van der Waals surface area (Å²) in [6, 6.07) is 6.82. The molecule has 0 radical (unpaired) electrons. The van der Waals surface area contributed by atoms with E-state index in [0.29, 0.717) is 11.4 Å². The molecule has 0 aromatic heterocycles. The standard InChI is InChI=1S/C14H20NO2S.2C2H4O2.CHF3O2S.Pd/c1-11-5-7-13(8-6-11)18(16,17)15-10-14(3,4)9-12(15)2;2*1-2(3)4;2-1(3,4)7(5)6;/h5-8,12H,2,9-10H2,1,3-4H3;2*1H3,(H,3,4);(H,5,6);/q-1;;;;+2/p-1. The number of aliphatic carboxylic acids is 2. The molecule has 9 nitrogen and oxygen atoms in total. The third-order valence-corrected chi connectivity index (χ3v) is 5.89. The number of carboxylic acid groups (broad SMARTS) is 2. The summed E-state index contributed by atoms with van der Waals surface area (Å²) in [5.74, 6) is -1.67. The minimum atomic E-state index is -5.08. The molecule has 1 saturated heterocycles. The van der Waals surface area contributed by atoms with Gasteiger partial charge in [0.05, 0.1) is 16.0 Å². The normalized spacial score (nSPS) is 17.8. The van der Waals surface area contributed by atoms with Crippen LogP contribution in [0.25, 0.3) is 0 Å². The number of nitrogens with zero attached hydrogens (tertiary/aromatic N) is 1. The van der Waals surface area contributed by atoms with Gasteiger partial charge in [0.25, 0.3) is 11.9 Å². The van der Waals surface area contributed by atoms with Gasteiger partial charge in [-0.15, -0.1) is 6.04 Å². The van der Waals surface area contributed by atoms with Crippen molar-refractivity contribution >= 4 is 33.0 Å². The molecule has 0 aliphatic carbocycles. The Morgan fingerprint density at radius 2 is 1.47 bits per heavy atom. The molecular weight excluding hydrogens is 598 g/mol. The van der Waals surface area contributed by atoms with Crippen LogP contribution in [0.5, 0.6) is 0 Å². The van der Waals surface area contributed by atoms with Crippen molar-refractivity contribution in [3.63, 3.8) is 0 Å². The largest absolute Gasteiger partial charge is 2.00 e. The molecule has 2 atom stereocenters. The quantitative estimate of drug-likeness (QED) is 0.289. The van der Waals surface area contributed by atoms with E-state index in [1.807, 2.05) is 19.1 Å². The fourth-order valence-corrected chi connectivity index (χ4v) is 4.22. The summed E-state index contributed by atoms with van der Waals surface area (Å²) in [5.41, 5.74) is -4.02. The number of carboxylic acids is 2. The van der Waals surface area contributed by atoms with Gasteiger partial charge in [0, 0.05) is 20.4 Å². The zero-order chi connectivity index (χ0) is 26.8. The second-order valence-electron chi connectivity index (χ2n) is 7.60. The minimum absolute atomic E-state index is 0. The second-order valence-corrected chi connectivity index (χ2v) is 10.4. The average molecular weight is 626 g/mol. The summed E-state index contributed by atoms with van der Waals surface area (Å²) in [4.78, 5) is 18.4. The summed E-state index contributed by atoms with van der Waals surface area (Å²) in [6.45, 7) is 12.8. The van der Waals surface area contributed by atoms with Gasteiger partial charge < -0.3 is 21.7 Å². The Kier molecular flexibility index (Phi) is 17.1. The molecule has 34 heavy (non-hydrogen) atoms. The fourth-order valence-electron chi connectivity index (χ4n) is 2.48. The number of hydrogen-bond acceptors (Lipinski definition) is 6. The van der Waals surface area contributed by atoms with Crippen LogP contribution in [0, 0.1) is 19.3 Å². The van der Waals surface area contributed by atoms with Crippen LogP contribution in [0.4, 0.5) is 13.2 Å². The van der Waals surface area contributed by atoms with Crippen molar-refractivity contribution in [2.45, 2.75) is 57.5 Å². The van der Waals surface area contributed by atoms with Gasteiger partial charge in [0.1, 0.15) is 0 Å². The predicted molar refractivity (Wildman–Crippen MR) is 114 cm³/mol. The van der Waals surface area contributed by atoms with Crippen molar-refractivity contribution < 1.29 is 70.6 Å². The van der Waals surface area contributed by atoms with E-state index in [1.165, 1.54) is 4.31 Å². The fraction of sp³-hybridized carbons (Fsp3) is 0.526. The molecule has 1 fully saturated rings. The van der Waals surface area contributed by atoms with Crippen molar-refractivity contribution in [1.82, 2.24) is 4.31 Å². The van der Waals surface area contributed by atoms with E-state index in [1.54, 1.807) is 12.1 Å². The maximum Gasteiger partial charge on any atom is 2.00 e. The molecule has 1 aromatic carbocycles. The molecule has 2 rings (SSSR count). The molecule has 1 heterocycles. The van der Waals surface area contributed by atoms with Crippen molar-refractivity contribution in [3.8, 4) is 0 Å². The van der Waals surface area contributed by atoms with Gasteiger partial charge in [0.15, 0.2) is 0 Å². The average Bonchev–Trinajstić information content (AvgIpc) is 2.87. The number of sulfonamides is 1. The third kappa shape index (κ3) is 16.3. The zero-order valence-electron chi connectivity index (χ0n) is 19.1. The van der Waals surface area contributed by atoms with Crippen LogP contribution in [0.3, 0.4) is 0 Å². The summed E-state index contributed by atoms with van der Waals surface area (Å²) >= 11 is -3.93. The smallest absolute Gasteiger partial charge is 0.766 e. The Hall–Kier alpha value is -1.37. The van der Waals surface area contributed by atoms with E-state index in [4.69, 9.17) is 28.6 Å². The molecule has 1 aliphatic rings. The van der Waals surface area contributed by atoms with Crippen molar-refractivity contribution in [2.75, 3.05) is 6.54 Å². The van der Waals surface area contributed by atoms with E-state index < -0.39 is 38.6 Å². The van der Waals surface area contributed by atoms with Crippen LogP contribution in [0.15, 0.2) is 29.2 Å². The van der Waals surface area contributed by atoms with Gasteiger partial charge in [-0.2, -0.15) is 13.2 Å². The van der Waals surface area contributed by atoms with Crippen LogP contribution >= 0.6 is 0 Å². The number of carbonyl (C=O) groups is 2. The molecule has 1 aliphatic heterocycles. The minimum Gasteiger partial charge on any atom is -0.766 e. The summed E-state index contributed by atoms with van der Waals surface area (Å²) in [6.07, 6.45) is 0.804. The van der Waals surface area contributed by atoms with Crippen molar-refractivity contribution in [3.05, 3.63) is 36.8 Å². The van der Waals surface area contributed by atoms with Crippen LogP contribution < -0.4 is 0 Å². The first-order chi connectivity index (χ1) is 14.6. The van der Waals surface area contributed by atoms with Crippen molar-refractivity contribution in [2.24, 2.45) is 5.41 Å². The topological polar surface area (TPSA) is 152 Å². The van der Waals surface area contributed by atoms with Gasteiger partial charge in [0.2, 0.25) is 10.0 Å². The molecule has 0 amide bonds. The number of rotatable bonds is 2. The molecule has 0 bridgehead atoms. The molecule has 2 N–H and O–H groups in total. The Morgan fingerprint density at radius 3 is 1.71 bits per heavy atom. The van der Waals surface area contributed by atoms with Crippen molar-refractivity contribution in [1.29, 1.82) is 0 Å². The summed E-state index contributed by atoms with van der Waals surface area (Å²) < 4.78 is 76.1. The maximum absolute atomic E-state index is 12.5. The summed E-state index contributed by atoms with van der Waals surface area (Å²) in [7, 11) is -3.40. The van der Waals surface area contributed by atoms with E-state index in [9.17, 15) is 21.6 Å². The Balaban J connectivity index is -0.000000499. The summed E-state index contributed by atoms with van der Waals surface area (Å²) in [5, 5.41) is 14.8. The molecule has 200 valence electrons. The van der Waals surface area contributed by atoms with Crippen LogP contribution in [-0.4, -0.2) is 61.7 Å². The van der Waals surface area contributed by atoms with E-state index in [-0.39, 0.29) is 31.9 Å². The van der Waals surface area contributed by atoms with Gasteiger partial charge in [-0.1, -0.05) is 38.0 Å². The second kappa shape index (κ2) is 15.6. The van der Waals surface area contributed by atoms with Gasteiger partial charge >= 0.3 is 25.9 Å². The first kappa shape index (κ1) is 37.2. The molecular formula is C19H28F3NO8PdS2. The van der Waals surface area contributed by atoms with Crippen LogP contribution in [0.1, 0.15) is 39.7 Å². The van der Waals surface area contributed by atoms with Crippen LogP contribution in [0.2, 0.25) is 0 Å². The number of benzene rings is 1. The van der Waals surface area contributed by atoms with Crippen LogP contribution in [-0.2, 0) is 51.1 Å². The molecule has 0 spiro atoms. The zero-order valence-corrected chi connectivity index (χ0v) is 22.3. The molecule has 0 saturated carbocycles. The van der Waals surface area contributed by atoms with Gasteiger partial charge in [-0.05, 0) is 24.5 Å². The Labute approximate surface area is 213 Å². The number of aryl methyl sites for hydroxylation is 1. The first-order valence-corrected chi connectivity index (χ1v) is 11.6. The number of alkyl halides is 3. The molecule has 1 aromatic rings. The van der Waals surface area contributed by atoms with Gasteiger partial charge in [-0.3, -0.25) is 13.8 Å². The van der Waals surface area contributed by atoms with E-state index in [0.717, 1.165) is 25.8 Å². The van der Waals surface area contributed by atoms with Gasteiger partial charge in [-0.25, -0.2) is 12.7 Å². The van der Waals surface area contributed by atoms with E-state index >= 15 is 0 Å². The molecule has 15 heteroatoms. The number of hydrogen-bond donors (Lipinski definition) is 2. The third-order valence-electron chi connectivity index (χ3n) is 3.60. The van der Waals surface area contributed by atoms with E-state index in [2.05, 4.69) is 20.8 Å². The first-order valence-electron chi connectivity index (χ1n) is 9.10. The molecule has 2 unspecified atom stereocenters.